The van der Waals surface area contributed by atoms with Crippen LogP contribution in [0.2, 0.25) is 0 Å². The highest BCUT2D eigenvalue weighted by atomic mass is 32.2. The van der Waals surface area contributed by atoms with Gasteiger partial charge in [0.25, 0.3) is 10.0 Å². The van der Waals surface area contributed by atoms with Crippen LogP contribution in [-0.4, -0.2) is 44.7 Å². The molecule has 34 heavy (non-hydrogen) atoms. The van der Waals surface area contributed by atoms with Gasteiger partial charge in [0.05, 0.1) is 17.7 Å². The molecule has 1 fully saturated rings. The molecular weight excluding hydrogens is 448 g/mol. The van der Waals surface area contributed by atoms with Gasteiger partial charge in [0.15, 0.2) is 11.5 Å². The van der Waals surface area contributed by atoms with E-state index in [9.17, 15) is 13.5 Å². The first-order chi connectivity index (χ1) is 16.4. The summed E-state index contributed by atoms with van der Waals surface area (Å²) in [4.78, 5) is 2.55. The third-order valence-corrected chi connectivity index (χ3v) is 8.38. The number of hydrogen-bond acceptors (Lipinski definition) is 5. The van der Waals surface area contributed by atoms with Gasteiger partial charge in [-0.25, -0.2) is 8.42 Å². The molecule has 0 aromatic heterocycles. The van der Waals surface area contributed by atoms with Crippen molar-refractivity contribution < 1.29 is 18.3 Å². The SMILES string of the molecule is CCc1ccc(N(C2CCN(Cc3cccc(OC)c3O)CC2)S(=O)(=O)c2ccccc2)cc1. The van der Waals surface area contributed by atoms with Crippen LogP contribution < -0.4 is 9.04 Å². The van der Waals surface area contributed by atoms with E-state index in [1.54, 1.807) is 41.7 Å². The summed E-state index contributed by atoms with van der Waals surface area (Å²) in [6, 6.07) is 21.9. The summed E-state index contributed by atoms with van der Waals surface area (Å²) < 4.78 is 34.3. The Bertz CT molecular complexity index is 1190. The highest BCUT2D eigenvalue weighted by Gasteiger charge is 2.34. The number of ether oxygens (including phenoxy) is 1. The molecule has 4 rings (SSSR count). The number of hydrogen-bond donors (Lipinski definition) is 1. The zero-order valence-electron chi connectivity index (χ0n) is 19.7. The number of para-hydroxylation sites is 1. The average Bonchev–Trinajstić information content (AvgIpc) is 2.87. The fraction of sp³-hybridized carbons (Fsp3) is 0.333. The van der Waals surface area contributed by atoms with Crippen LogP contribution in [-0.2, 0) is 23.0 Å². The van der Waals surface area contributed by atoms with Gasteiger partial charge in [-0.1, -0.05) is 49.4 Å². The lowest BCUT2D eigenvalue weighted by Crippen LogP contribution is -2.47. The topological polar surface area (TPSA) is 70.1 Å². The molecule has 0 spiro atoms. The molecule has 0 unspecified atom stereocenters. The second-order valence-electron chi connectivity index (χ2n) is 8.61. The fourth-order valence-corrected chi connectivity index (χ4v) is 6.27. The van der Waals surface area contributed by atoms with Gasteiger partial charge in [0, 0.05) is 31.2 Å². The molecule has 0 aliphatic carbocycles. The van der Waals surface area contributed by atoms with Crippen molar-refractivity contribution in [1.82, 2.24) is 4.90 Å². The molecule has 0 radical (unpaired) electrons. The van der Waals surface area contributed by atoms with Gasteiger partial charge in [-0.2, -0.15) is 0 Å². The predicted molar refractivity (Wildman–Crippen MR) is 135 cm³/mol. The molecule has 0 saturated carbocycles. The highest BCUT2D eigenvalue weighted by molar-refractivity contribution is 7.92. The molecule has 6 nitrogen and oxygen atoms in total. The van der Waals surface area contributed by atoms with E-state index < -0.39 is 10.0 Å². The molecule has 180 valence electrons. The van der Waals surface area contributed by atoms with Crippen molar-refractivity contribution in [2.24, 2.45) is 0 Å². The number of phenolic OH excluding ortho intramolecular Hbond substituents is 1. The zero-order chi connectivity index (χ0) is 24.1. The first-order valence-electron chi connectivity index (χ1n) is 11.7. The lowest BCUT2D eigenvalue weighted by Gasteiger charge is -2.39. The third-order valence-electron chi connectivity index (χ3n) is 6.48. The largest absolute Gasteiger partial charge is 0.504 e. The van der Waals surface area contributed by atoms with Gasteiger partial charge < -0.3 is 9.84 Å². The van der Waals surface area contributed by atoms with E-state index in [0.717, 1.165) is 25.1 Å². The van der Waals surface area contributed by atoms with Crippen LogP contribution >= 0.6 is 0 Å². The fourth-order valence-electron chi connectivity index (χ4n) is 4.54. The number of rotatable bonds is 8. The summed E-state index contributed by atoms with van der Waals surface area (Å²) in [5, 5.41) is 10.4. The predicted octanol–water partition coefficient (Wildman–Crippen LogP) is 4.82. The normalized spacial score (nSPS) is 15.2. The van der Waals surface area contributed by atoms with Gasteiger partial charge in [-0.15, -0.1) is 0 Å². The summed E-state index contributed by atoms with van der Waals surface area (Å²) in [5.74, 6) is 0.625. The van der Waals surface area contributed by atoms with E-state index >= 15 is 0 Å². The van der Waals surface area contributed by atoms with Crippen LogP contribution in [0.25, 0.3) is 0 Å². The molecule has 1 aliphatic heterocycles. The number of aromatic hydroxyl groups is 1. The maximum absolute atomic E-state index is 13.7. The monoisotopic (exact) mass is 480 g/mol. The number of benzene rings is 3. The maximum atomic E-state index is 13.7. The summed E-state index contributed by atoms with van der Waals surface area (Å²) in [7, 11) is -2.17. The summed E-state index contributed by atoms with van der Waals surface area (Å²) in [6.07, 6.45) is 2.31. The Morgan fingerprint density at radius 1 is 0.971 bits per heavy atom. The van der Waals surface area contributed by atoms with Gasteiger partial charge in [0.1, 0.15) is 0 Å². The van der Waals surface area contributed by atoms with Gasteiger partial charge in [-0.3, -0.25) is 9.21 Å². The van der Waals surface area contributed by atoms with Crippen molar-refractivity contribution >= 4 is 15.7 Å². The van der Waals surface area contributed by atoms with Crippen LogP contribution in [0.5, 0.6) is 11.5 Å². The van der Waals surface area contributed by atoms with E-state index in [2.05, 4.69) is 11.8 Å². The molecular formula is C27H32N2O4S. The van der Waals surface area contributed by atoms with Crippen LogP contribution in [0.1, 0.15) is 30.9 Å². The van der Waals surface area contributed by atoms with E-state index in [-0.39, 0.29) is 11.8 Å². The standard InChI is InChI=1S/C27H32N2O4S/c1-3-21-12-14-23(15-13-21)29(34(31,32)25-9-5-4-6-10-25)24-16-18-28(19-17-24)20-22-8-7-11-26(33-2)27(22)30/h4-15,24,30H,3,16-20H2,1-2H3. The number of nitrogens with zero attached hydrogens (tertiary/aromatic N) is 2. The Labute approximate surface area is 202 Å². The van der Waals surface area contributed by atoms with Gasteiger partial charge >= 0.3 is 0 Å². The number of aryl methyl sites for hydroxylation is 1. The van der Waals surface area contributed by atoms with Gasteiger partial charge in [0.2, 0.25) is 0 Å². The van der Waals surface area contributed by atoms with E-state index in [1.165, 1.54) is 5.56 Å². The second kappa shape index (κ2) is 10.5. The summed E-state index contributed by atoms with van der Waals surface area (Å²) >= 11 is 0. The minimum Gasteiger partial charge on any atom is -0.504 e. The number of methoxy groups -OCH3 is 1. The summed E-state index contributed by atoms with van der Waals surface area (Å²) in [6.45, 7) is 4.14. The van der Waals surface area contributed by atoms with Crippen molar-refractivity contribution in [2.45, 2.75) is 43.7 Å². The van der Waals surface area contributed by atoms with Crippen LogP contribution in [0, 0.1) is 0 Å². The van der Waals surface area contributed by atoms with Crippen LogP contribution in [0.4, 0.5) is 5.69 Å². The number of phenols is 1. The van der Waals surface area contributed by atoms with Gasteiger partial charge in [-0.05, 0) is 55.2 Å². The molecule has 1 heterocycles. The van der Waals surface area contributed by atoms with E-state index in [1.807, 2.05) is 42.5 Å². The minimum atomic E-state index is -3.71. The third kappa shape index (κ3) is 5.05. The summed E-state index contributed by atoms with van der Waals surface area (Å²) in [5.41, 5.74) is 2.68. The minimum absolute atomic E-state index is 0.146. The molecule has 1 N–H and O–H groups in total. The molecule has 1 saturated heterocycles. The molecule has 3 aromatic carbocycles. The first-order valence-corrected chi connectivity index (χ1v) is 13.1. The van der Waals surface area contributed by atoms with Crippen molar-refractivity contribution in [2.75, 3.05) is 24.5 Å². The average molecular weight is 481 g/mol. The molecule has 0 atom stereocenters. The quantitative estimate of drug-likeness (QED) is 0.500. The van der Waals surface area contributed by atoms with Crippen molar-refractivity contribution in [3.8, 4) is 11.5 Å². The first kappa shape index (κ1) is 24.1. The highest BCUT2D eigenvalue weighted by Crippen LogP contribution is 2.33. The van der Waals surface area contributed by atoms with Crippen molar-refractivity contribution in [3.05, 3.63) is 83.9 Å². The van der Waals surface area contributed by atoms with Crippen LogP contribution in [0.3, 0.4) is 0 Å². The number of sulfonamides is 1. The molecule has 3 aromatic rings. The van der Waals surface area contributed by atoms with Crippen LogP contribution in [0.15, 0.2) is 77.7 Å². The molecule has 0 bridgehead atoms. The van der Waals surface area contributed by atoms with Crippen molar-refractivity contribution in [3.63, 3.8) is 0 Å². The molecule has 0 amide bonds. The molecule has 7 heteroatoms. The zero-order valence-corrected chi connectivity index (χ0v) is 20.5. The Morgan fingerprint density at radius 3 is 2.26 bits per heavy atom. The number of piperidine rings is 1. The second-order valence-corrected chi connectivity index (χ2v) is 10.4. The Balaban J connectivity index is 1.56. The Kier molecular flexibility index (Phi) is 7.44. The lowest BCUT2D eigenvalue weighted by molar-refractivity contribution is 0.204. The van der Waals surface area contributed by atoms with Crippen molar-refractivity contribution in [1.29, 1.82) is 0 Å². The maximum Gasteiger partial charge on any atom is 0.264 e. The number of likely N-dealkylation sites (tertiary alicyclic amines) is 1. The Hall–Kier alpha value is -3.03. The molecule has 1 aliphatic rings. The van der Waals surface area contributed by atoms with E-state index in [0.29, 0.717) is 35.7 Å². The smallest absolute Gasteiger partial charge is 0.264 e. The number of anilines is 1. The Morgan fingerprint density at radius 2 is 1.65 bits per heavy atom. The van der Waals surface area contributed by atoms with E-state index in [4.69, 9.17) is 4.74 Å². The lowest BCUT2D eigenvalue weighted by atomic mass is 10.0.